The number of hydrogen-bond donors (Lipinski definition) is 2. The zero-order valence-electron chi connectivity index (χ0n) is 13.6. The molecule has 2 heterocycles. The summed E-state index contributed by atoms with van der Waals surface area (Å²) in [4.78, 5) is 0. The highest BCUT2D eigenvalue weighted by Crippen LogP contribution is 2.32. The maximum Gasteiger partial charge on any atom is 0.134 e. The van der Waals surface area contributed by atoms with Crippen molar-refractivity contribution in [2.24, 2.45) is 5.41 Å². The maximum atomic E-state index is 9.52. The van der Waals surface area contributed by atoms with Gasteiger partial charge in [0.15, 0.2) is 0 Å². The molecule has 0 bridgehead atoms. The first kappa shape index (κ1) is 15.5. The standard InChI is InChI=1S/C18H25NO3/c1-4-14-15-7-12(2)5-6-16(15)22-17(14)13(3)19-8-18(9-20)10-21-11-18/h5-7,13,19-20H,4,8-11H2,1-3H3. The van der Waals surface area contributed by atoms with Gasteiger partial charge in [0.1, 0.15) is 11.3 Å². The summed E-state index contributed by atoms with van der Waals surface area (Å²) in [6.07, 6.45) is 0.950. The Morgan fingerprint density at radius 1 is 1.36 bits per heavy atom. The highest BCUT2D eigenvalue weighted by atomic mass is 16.5. The van der Waals surface area contributed by atoms with Crippen LogP contribution in [0.4, 0.5) is 0 Å². The molecule has 3 rings (SSSR count). The van der Waals surface area contributed by atoms with E-state index in [9.17, 15) is 5.11 Å². The zero-order valence-corrected chi connectivity index (χ0v) is 13.6. The van der Waals surface area contributed by atoms with Gasteiger partial charge in [0.05, 0.1) is 31.3 Å². The number of hydrogen-bond acceptors (Lipinski definition) is 4. The average Bonchev–Trinajstić information content (AvgIpc) is 2.84. The molecule has 1 fully saturated rings. The van der Waals surface area contributed by atoms with E-state index in [0.29, 0.717) is 13.2 Å². The molecule has 0 spiro atoms. The smallest absolute Gasteiger partial charge is 0.134 e. The van der Waals surface area contributed by atoms with Crippen LogP contribution in [0.5, 0.6) is 0 Å². The number of rotatable bonds is 6. The molecule has 0 aliphatic carbocycles. The van der Waals surface area contributed by atoms with E-state index in [0.717, 1.165) is 24.3 Å². The summed E-state index contributed by atoms with van der Waals surface area (Å²) in [5, 5.41) is 14.2. The topological polar surface area (TPSA) is 54.6 Å². The third-order valence-corrected chi connectivity index (χ3v) is 4.66. The van der Waals surface area contributed by atoms with E-state index in [1.54, 1.807) is 0 Å². The molecule has 1 unspecified atom stereocenters. The predicted octanol–water partition coefficient (Wildman–Crippen LogP) is 2.96. The molecule has 4 heteroatoms. The fraction of sp³-hybridized carbons (Fsp3) is 0.556. The lowest BCUT2D eigenvalue weighted by Crippen LogP contribution is -2.52. The van der Waals surface area contributed by atoms with E-state index < -0.39 is 0 Å². The van der Waals surface area contributed by atoms with Crippen LogP contribution in [0.15, 0.2) is 22.6 Å². The molecule has 1 saturated heterocycles. The predicted molar refractivity (Wildman–Crippen MR) is 87.1 cm³/mol. The highest BCUT2D eigenvalue weighted by Gasteiger charge is 2.38. The molecule has 1 aromatic carbocycles. The van der Waals surface area contributed by atoms with Gasteiger partial charge in [-0.3, -0.25) is 0 Å². The minimum Gasteiger partial charge on any atom is -0.459 e. The van der Waals surface area contributed by atoms with Crippen LogP contribution in [0.2, 0.25) is 0 Å². The van der Waals surface area contributed by atoms with Crippen molar-refractivity contribution in [2.75, 3.05) is 26.4 Å². The second-order valence-electron chi connectivity index (χ2n) is 6.55. The summed E-state index contributed by atoms with van der Waals surface area (Å²) >= 11 is 0. The molecular formula is C18H25NO3. The Bertz CT molecular complexity index is 652. The normalized spacial score (nSPS) is 18.4. The van der Waals surface area contributed by atoms with Crippen molar-refractivity contribution < 1.29 is 14.3 Å². The summed E-state index contributed by atoms with van der Waals surface area (Å²) in [6.45, 7) is 8.55. The third kappa shape index (κ3) is 2.67. The van der Waals surface area contributed by atoms with Crippen molar-refractivity contribution in [2.45, 2.75) is 33.2 Å². The number of furan rings is 1. The Kier molecular flexibility index (Phi) is 4.26. The molecule has 1 aliphatic rings. The van der Waals surface area contributed by atoms with Gasteiger partial charge in [-0.1, -0.05) is 18.6 Å². The Hall–Kier alpha value is -1.36. The maximum absolute atomic E-state index is 9.52. The number of aliphatic hydroxyl groups excluding tert-OH is 1. The van der Waals surface area contributed by atoms with Gasteiger partial charge in [0, 0.05) is 17.5 Å². The van der Waals surface area contributed by atoms with Crippen LogP contribution >= 0.6 is 0 Å². The van der Waals surface area contributed by atoms with Crippen LogP contribution in [0.25, 0.3) is 11.0 Å². The van der Waals surface area contributed by atoms with E-state index in [-0.39, 0.29) is 18.1 Å². The van der Waals surface area contributed by atoms with E-state index in [1.165, 1.54) is 16.5 Å². The summed E-state index contributed by atoms with van der Waals surface area (Å²) in [5.74, 6) is 1.01. The fourth-order valence-corrected chi connectivity index (χ4v) is 3.10. The van der Waals surface area contributed by atoms with E-state index in [4.69, 9.17) is 9.15 Å². The largest absolute Gasteiger partial charge is 0.459 e. The van der Waals surface area contributed by atoms with Crippen LogP contribution in [0.1, 0.15) is 36.8 Å². The fourth-order valence-electron chi connectivity index (χ4n) is 3.10. The van der Waals surface area contributed by atoms with Crippen molar-refractivity contribution >= 4 is 11.0 Å². The summed E-state index contributed by atoms with van der Waals surface area (Å²) in [6, 6.07) is 6.45. The van der Waals surface area contributed by atoms with E-state index in [1.807, 2.05) is 0 Å². The van der Waals surface area contributed by atoms with Gasteiger partial charge in [-0.05, 0) is 32.4 Å². The monoisotopic (exact) mass is 303 g/mol. The molecule has 4 nitrogen and oxygen atoms in total. The van der Waals surface area contributed by atoms with Gasteiger partial charge in [-0.15, -0.1) is 0 Å². The summed E-state index contributed by atoms with van der Waals surface area (Å²) in [7, 11) is 0. The lowest BCUT2D eigenvalue weighted by atomic mass is 9.86. The Morgan fingerprint density at radius 3 is 2.73 bits per heavy atom. The molecule has 2 aromatic rings. The van der Waals surface area contributed by atoms with Gasteiger partial charge < -0.3 is 19.6 Å². The van der Waals surface area contributed by atoms with Gasteiger partial charge in [-0.2, -0.15) is 0 Å². The van der Waals surface area contributed by atoms with Crippen LogP contribution in [-0.4, -0.2) is 31.5 Å². The van der Waals surface area contributed by atoms with Gasteiger partial charge in [-0.25, -0.2) is 0 Å². The highest BCUT2D eigenvalue weighted by molar-refractivity contribution is 5.83. The number of benzene rings is 1. The number of nitrogens with one attached hydrogen (secondary N) is 1. The van der Waals surface area contributed by atoms with Crippen LogP contribution in [0, 0.1) is 12.3 Å². The average molecular weight is 303 g/mol. The van der Waals surface area contributed by atoms with Crippen LogP contribution in [0.3, 0.4) is 0 Å². The number of fused-ring (bicyclic) bond motifs is 1. The number of ether oxygens (including phenoxy) is 1. The minimum absolute atomic E-state index is 0.117. The SMILES string of the molecule is CCc1c(C(C)NCC2(CO)COC2)oc2ccc(C)cc12. The second-order valence-corrected chi connectivity index (χ2v) is 6.55. The minimum atomic E-state index is -0.122. The first-order valence-electron chi connectivity index (χ1n) is 8.02. The molecule has 22 heavy (non-hydrogen) atoms. The van der Waals surface area contributed by atoms with Crippen LogP contribution in [-0.2, 0) is 11.2 Å². The number of aryl methyl sites for hydroxylation is 2. The van der Waals surface area contributed by atoms with Crippen molar-refractivity contribution in [1.29, 1.82) is 0 Å². The van der Waals surface area contributed by atoms with Crippen molar-refractivity contribution in [1.82, 2.24) is 5.32 Å². The lowest BCUT2D eigenvalue weighted by molar-refractivity contribution is -0.135. The van der Waals surface area contributed by atoms with Gasteiger partial charge in [0.2, 0.25) is 0 Å². The van der Waals surface area contributed by atoms with Crippen LogP contribution < -0.4 is 5.32 Å². The zero-order chi connectivity index (χ0) is 15.7. The van der Waals surface area contributed by atoms with Crippen molar-refractivity contribution in [3.05, 3.63) is 35.1 Å². The van der Waals surface area contributed by atoms with Crippen molar-refractivity contribution in [3.8, 4) is 0 Å². The molecule has 2 N–H and O–H groups in total. The lowest BCUT2D eigenvalue weighted by Gasteiger charge is -2.40. The quantitative estimate of drug-likeness (QED) is 0.861. The first-order valence-corrected chi connectivity index (χ1v) is 8.02. The number of aliphatic hydroxyl groups is 1. The summed E-state index contributed by atoms with van der Waals surface area (Å²) < 4.78 is 11.4. The molecule has 1 atom stereocenters. The Morgan fingerprint density at radius 2 is 2.14 bits per heavy atom. The van der Waals surface area contributed by atoms with Crippen molar-refractivity contribution in [3.63, 3.8) is 0 Å². The molecule has 0 amide bonds. The molecule has 1 aliphatic heterocycles. The molecule has 0 saturated carbocycles. The molecule has 120 valence electrons. The molecular weight excluding hydrogens is 278 g/mol. The first-order chi connectivity index (χ1) is 10.6. The Labute approximate surface area is 131 Å². The second kappa shape index (κ2) is 6.03. The third-order valence-electron chi connectivity index (χ3n) is 4.66. The van der Waals surface area contributed by atoms with E-state index in [2.05, 4.69) is 44.3 Å². The summed E-state index contributed by atoms with van der Waals surface area (Å²) in [5.41, 5.74) is 3.36. The van der Waals surface area contributed by atoms with Gasteiger partial charge >= 0.3 is 0 Å². The molecule has 1 aromatic heterocycles. The Balaban J connectivity index is 1.82. The molecule has 0 radical (unpaired) electrons. The van der Waals surface area contributed by atoms with E-state index >= 15 is 0 Å². The van der Waals surface area contributed by atoms with Gasteiger partial charge in [0.25, 0.3) is 0 Å².